The second-order valence-corrected chi connectivity index (χ2v) is 7.03. The highest BCUT2D eigenvalue weighted by atomic mass is 16.6. The molecule has 0 amide bonds. The Kier molecular flexibility index (Phi) is 3.89. The van der Waals surface area contributed by atoms with Gasteiger partial charge in [-0.05, 0) is 49.4 Å². The molecule has 3 heteroatoms. The van der Waals surface area contributed by atoms with Crippen molar-refractivity contribution in [1.82, 2.24) is 5.32 Å². The van der Waals surface area contributed by atoms with E-state index in [-0.39, 0.29) is 6.10 Å². The van der Waals surface area contributed by atoms with Gasteiger partial charge in [0.15, 0.2) is 0 Å². The zero-order chi connectivity index (χ0) is 13.5. The van der Waals surface area contributed by atoms with Crippen LogP contribution in [0, 0.1) is 17.3 Å². The minimum absolute atomic E-state index is 0.0652. The van der Waals surface area contributed by atoms with Gasteiger partial charge in [0.1, 0.15) is 0 Å². The van der Waals surface area contributed by atoms with E-state index in [9.17, 15) is 5.11 Å². The Labute approximate surface area is 117 Å². The van der Waals surface area contributed by atoms with Crippen LogP contribution in [0.4, 0.5) is 0 Å². The molecule has 3 aliphatic rings. The lowest BCUT2D eigenvalue weighted by atomic mass is 9.69. The van der Waals surface area contributed by atoms with Crippen LogP contribution in [0.2, 0.25) is 0 Å². The van der Waals surface area contributed by atoms with E-state index in [4.69, 9.17) is 4.74 Å². The smallest absolute Gasteiger partial charge is 0.0841 e. The second kappa shape index (κ2) is 5.34. The van der Waals surface area contributed by atoms with E-state index in [1.54, 1.807) is 0 Å². The van der Waals surface area contributed by atoms with Crippen LogP contribution in [0.1, 0.15) is 52.4 Å². The summed E-state index contributed by atoms with van der Waals surface area (Å²) in [4.78, 5) is 0. The molecule has 0 aromatic carbocycles. The largest absolute Gasteiger partial charge is 0.393 e. The van der Waals surface area contributed by atoms with Gasteiger partial charge in [0, 0.05) is 13.1 Å². The molecule has 3 unspecified atom stereocenters. The number of piperidine rings is 1. The van der Waals surface area contributed by atoms with E-state index >= 15 is 0 Å². The standard InChI is InChI=1S/C16H29NO2/c1-3-12(5-6-15-14(4-2)19-15)16-7-11(9-17-10-16)13(18)8-16/h11-15,17-18H,3-10H2,1-2H3/t11-,12?,13+,14?,15?,16+/m0/s1. The molecule has 2 saturated heterocycles. The lowest BCUT2D eigenvalue weighted by Crippen LogP contribution is -2.43. The SMILES string of the molecule is CCC1OC1CCC(CC)[C@]12CNC[C@H](C1)[C@H](O)C2. The summed E-state index contributed by atoms with van der Waals surface area (Å²) in [5.41, 5.74) is 0.369. The number of aliphatic hydroxyl groups is 1. The molecule has 19 heavy (non-hydrogen) atoms. The number of nitrogens with one attached hydrogen (secondary N) is 1. The van der Waals surface area contributed by atoms with Crippen LogP contribution in [0.25, 0.3) is 0 Å². The summed E-state index contributed by atoms with van der Waals surface area (Å²) in [5, 5.41) is 13.8. The predicted octanol–water partition coefficient (Wildman–Crippen LogP) is 2.33. The molecular weight excluding hydrogens is 238 g/mol. The van der Waals surface area contributed by atoms with Gasteiger partial charge in [0.25, 0.3) is 0 Å². The van der Waals surface area contributed by atoms with Crippen molar-refractivity contribution in [2.45, 2.75) is 70.7 Å². The Bertz CT molecular complexity index is 318. The van der Waals surface area contributed by atoms with Gasteiger partial charge in [-0.3, -0.25) is 0 Å². The van der Waals surface area contributed by atoms with Gasteiger partial charge in [0.05, 0.1) is 18.3 Å². The van der Waals surface area contributed by atoms with E-state index in [1.165, 1.54) is 25.7 Å². The van der Waals surface area contributed by atoms with Crippen LogP contribution >= 0.6 is 0 Å². The summed E-state index contributed by atoms with van der Waals surface area (Å²) in [6.07, 6.45) is 8.17. The number of aliphatic hydroxyl groups excluding tert-OH is 1. The van der Waals surface area contributed by atoms with Gasteiger partial charge in [-0.1, -0.05) is 20.3 Å². The Hall–Kier alpha value is -0.120. The fourth-order valence-corrected chi connectivity index (χ4v) is 4.76. The molecule has 1 saturated carbocycles. The van der Waals surface area contributed by atoms with Crippen LogP contribution in [0.5, 0.6) is 0 Å². The molecule has 3 rings (SSSR count). The molecule has 110 valence electrons. The summed E-state index contributed by atoms with van der Waals surface area (Å²) in [5.74, 6) is 1.25. The predicted molar refractivity (Wildman–Crippen MR) is 76.0 cm³/mol. The van der Waals surface area contributed by atoms with Gasteiger partial charge < -0.3 is 15.2 Å². The quantitative estimate of drug-likeness (QED) is 0.726. The number of hydrogen-bond donors (Lipinski definition) is 2. The Morgan fingerprint density at radius 1 is 1.32 bits per heavy atom. The maximum atomic E-state index is 10.2. The lowest BCUT2D eigenvalue weighted by molar-refractivity contribution is 0.110. The lowest BCUT2D eigenvalue weighted by Gasteiger charge is -2.40. The molecule has 0 aromatic heterocycles. The maximum Gasteiger partial charge on any atom is 0.0841 e. The van der Waals surface area contributed by atoms with Crippen LogP contribution in [0.15, 0.2) is 0 Å². The third-order valence-corrected chi connectivity index (χ3v) is 5.96. The molecule has 0 spiro atoms. The van der Waals surface area contributed by atoms with Crippen molar-refractivity contribution in [2.75, 3.05) is 13.1 Å². The summed E-state index contributed by atoms with van der Waals surface area (Å²) in [6.45, 7) is 6.66. The maximum absolute atomic E-state index is 10.2. The summed E-state index contributed by atoms with van der Waals surface area (Å²) >= 11 is 0. The molecule has 0 radical (unpaired) electrons. The molecule has 1 aliphatic carbocycles. The Morgan fingerprint density at radius 2 is 2.16 bits per heavy atom. The van der Waals surface area contributed by atoms with Gasteiger partial charge in [-0.2, -0.15) is 0 Å². The fraction of sp³-hybridized carbons (Fsp3) is 1.00. The molecule has 0 aromatic rings. The van der Waals surface area contributed by atoms with Gasteiger partial charge in [0.2, 0.25) is 0 Å². The van der Waals surface area contributed by atoms with Crippen molar-refractivity contribution in [3.63, 3.8) is 0 Å². The topological polar surface area (TPSA) is 44.8 Å². The molecule has 3 nitrogen and oxygen atoms in total. The van der Waals surface area contributed by atoms with Crippen molar-refractivity contribution in [2.24, 2.45) is 17.3 Å². The normalized spacial score (nSPS) is 46.3. The number of fused-ring (bicyclic) bond motifs is 2. The number of rotatable bonds is 6. The van der Waals surface area contributed by atoms with Crippen molar-refractivity contribution in [1.29, 1.82) is 0 Å². The first-order valence-corrected chi connectivity index (χ1v) is 8.22. The van der Waals surface area contributed by atoms with E-state index in [2.05, 4.69) is 19.2 Å². The molecule has 2 aliphatic heterocycles. The van der Waals surface area contributed by atoms with E-state index in [0.29, 0.717) is 23.5 Å². The molecule has 3 fully saturated rings. The average molecular weight is 267 g/mol. The van der Waals surface area contributed by atoms with Crippen LogP contribution < -0.4 is 5.32 Å². The monoisotopic (exact) mass is 267 g/mol. The van der Waals surface area contributed by atoms with Crippen molar-refractivity contribution in [3.05, 3.63) is 0 Å². The Balaban J connectivity index is 1.58. The highest BCUT2D eigenvalue weighted by molar-refractivity contribution is 5.03. The molecule has 6 atom stereocenters. The minimum atomic E-state index is -0.0652. The second-order valence-electron chi connectivity index (χ2n) is 7.03. The van der Waals surface area contributed by atoms with Crippen molar-refractivity contribution < 1.29 is 9.84 Å². The zero-order valence-electron chi connectivity index (χ0n) is 12.4. The third kappa shape index (κ3) is 2.57. The molecule has 2 N–H and O–H groups in total. The first-order chi connectivity index (χ1) is 9.18. The third-order valence-electron chi connectivity index (χ3n) is 5.96. The van der Waals surface area contributed by atoms with E-state index in [0.717, 1.165) is 31.8 Å². The Morgan fingerprint density at radius 3 is 2.84 bits per heavy atom. The zero-order valence-corrected chi connectivity index (χ0v) is 12.4. The number of hydrogen-bond acceptors (Lipinski definition) is 3. The minimum Gasteiger partial charge on any atom is -0.393 e. The summed E-state index contributed by atoms with van der Waals surface area (Å²) < 4.78 is 5.68. The highest BCUT2D eigenvalue weighted by Crippen LogP contribution is 2.51. The van der Waals surface area contributed by atoms with Crippen LogP contribution in [-0.2, 0) is 4.74 Å². The van der Waals surface area contributed by atoms with E-state index < -0.39 is 0 Å². The first kappa shape index (κ1) is 13.8. The van der Waals surface area contributed by atoms with Crippen molar-refractivity contribution >= 4 is 0 Å². The summed E-state index contributed by atoms with van der Waals surface area (Å²) in [6, 6.07) is 0. The molecule has 2 bridgehead atoms. The highest BCUT2D eigenvalue weighted by Gasteiger charge is 2.51. The van der Waals surface area contributed by atoms with Gasteiger partial charge in [-0.25, -0.2) is 0 Å². The van der Waals surface area contributed by atoms with E-state index in [1.807, 2.05) is 0 Å². The average Bonchev–Trinajstić information content (AvgIpc) is 3.13. The van der Waals surface area contributed by atoms with Crippen LogP contribution in [0.3, 0.4) is 0 Å². The first-order valence-electron chi connectivity index (χ1n) is 8.22. The van der Waals surface area contributed by atoms with Gasteiger partial charge >= 0.3 is 0 Å². The van der Waals surface area contributed by atoms with Crippen molar-refractivity contribution in [3.8, 4) is 0 Å². The molecule has 2 heterocycles. The summed E-state index contributed by atoms with van der Waals surface area (Å²) in [7, 11) is 0. The number of epoxide rings is 1. The molecular formula is C16H29NO2. The van der Waals surface area contributed by atoms with Gasteiger partial charge in [-0.15, -0.1) is 0 Å². The number of ether oxygens (including phenoxy) is 1. The van der Waals surface area contributed by atoms with Crippen LogP contribution in [-0.4, -0.2) is 36.5 Å². The fourth-order valence-electron chi connectivity index (χ4n) is 4.76.